The molecule has 0 unspecified atom stereocenters. The Morgan fingerprint density at radius 3 is 2.46 bits per heavy atom. The van der Waals surface area contributed by atoms with Crippen LogP contribution < -0.4 is 9.80 Å². The maximum absolute atomic E-state index is 13.4. The molecule has 0 N–H and O–H groups in total. The van der Waals surface area contributed by atoms with Crippen LogP contribution >= 0.6 is 0 Å². The van der Waals surface area contributed by atoms with E-state index in [0.717, 1.165) is 73.3 Å². The minimum atomic E-state index is -0.101. The third-order valence-corrected chi connectivity index (χ3v) is 7.08. The van der Waals surface area contributed by atoms with Gasteiger partial charge in [0.1, 0.15) is 11.5 Å². The quantitative estimate of drug-likeness (QED) is 0.555. The number of anilines is 2. The number of hydrogen-bond donors (Lipinski definition) is 0. The Morgan fingerprint density at radius 1 is 0.886 bits per heavy atom. The van der Waals surface area contributed by atoms with Crippen LogP contribution in [0.2, 0.25) is 0 Å². The average molecular weight is 475 g/mol. The molecular formula is C25H30N8O2. The number of carbonyl (C=O) groups excluding carboxylic acids is 1. The number of carbonyl (C=O) groups is 1. The molecule has 3 aliphatic rings. The molecule has 6 rings (SSSR count). The average Bonchev–Trinajstić information content (AvgIpc) is 2.92. The number of morpholine rings is 1. The molecule has 5 heterocycles. The van der Waals surface area contributed by atoms with Gasteiger partial charge < -0.3 is 24.3 Å². The van der Waals surface area contributed by atoms with E-state index < -0.39 is 0 Å². The van der Waals surface area contributed by atoms with Crippen LogP contribution in [0.1, 0.15) is 21.7 Å². The normalized spacial score (nSPS) is 19.2. The highest BCUT2D eigenvalue weighted by Gasteiger charge is 2.31. The van der Waals surface area contributed by atoms with Gasteiger partial charge in [0.05, 0.1) is 42.7 Å². The Hall–Kier alpha value is -3.37. The third kappa shape index (κ3) is 4.39. The summed E-state index contributed by atoms with van der Waals surface area (Å²) in [5, 5.41) is 0. The van der Waals surface area contributed by atoms with Gasteiger partial charge in [0, 0.05) is 57.8 Å². The second kappa shape index (κ2) is 9.35. The summed E-state index contributed by atoms with van der Waals surface area (Å²) in [7, 11) is 2.15. The second-order valence-corrected chi connectivity index (χ2v) is 9.38. The number of rotatable bonds is 3. The van der Waals surface area contributed by atoms with Gasteiger partial charge in [0.2, 0.25) is 5.95 Å². The van der Waals surface area contributed by atoms with Crippen LogP contribution in [0.4, 0.5) is 11.8 Å². The van der Waals surface area contributed by atoms with Gasteiger partial charge in [0.15, 0.2) is 0 Å². The number of hydrogen-bond acceptors (Lipinski definition) is 9. The zero-order valence-corrected chi connectivity index (χ0v) is 20.1. The standard InChI is InChI=1S/C25H30N8O2/c1-30-8-10-31(11-9-30)23-18-17-33(24(34)22-16-26-20-4-2-3-5-21(20)27-22)7-6-19(18)28-25(29-23)32-12-14-35-15-13-32/h2-5,16H,6-15,17H2,1H3. The molecule has 0 spiro atoms. The van der Waals surface area contributed by atoms with Gasteiger partial charge in [-0.15, -0.1) is 0 Å². The molecule has 0 saturated carbocycles. The summed E-state index contributed by atoms with van der Waals surface area (Å²) >= 11 is 0. The number of aromatic nitrogens is 4. The van der Waals surface area contributed by atoms with Crippen molar-refractivity contribution in [3.8, 4) is 0 Å². The highest BCUT2D eigenvalue weighted by atomic mass is 16.5. The van der Waals surface area contributed by atoms with Gasteiger partial charge in [-0.1, -0.05) is 12.1 Å². The van der Waals surface area contributed by atoms with E-state index in [1.54, 1.807) is 6.20 Å². The number of nitrogens with zero attached hydrogens (tertiary/aromatic N) is 8. The predicted molar refractivity (Wildman–Crippen MR) is 133 cm³/mol. The maximum Gasteiger partial charge on any atom is 0.274 e. The van der Waals surface area contributed by atoms with Gasteiger partial charge >= 0.3 is 0 Å². The lowest BCUT2D eigenvalue weighted by atomic mass is 10.0. The van der Waals surface area contributed by atoms with Crippen molar-refractivity contribution in [3.63, 3.8) is 0 Å². The summed E-state index contributed by atoms with van der Waals surface area (Å²) < 4.78 is 5.53. The summed E-state index contributed by atoms with van der Waals surface area (Å²) in [4.78, 5) is 41.3. The van der Waals surface area contributed by atoms with Crippen molar-refractivity contribution in [1.82, 2.24) is 29.7 Å². The lowest BCUT2D eigenvalue weighted by molar-refractivity contribution is 0.0727. The predicted octanol–water partition coefficient (Wildman–Crippen LogP) is 1.21. The Bertz CT molecular complexity index is 1240. The molecule has 3 aromatic rings. The summed E-state index contributed by atoms with van der Waals surface area (Å²) in [5.74, 6) is 1.64. The first-order valence-corrected chi connectivity index (χ1v) is 12.3. The summed E-state index contributed by atoms with van der Waals surface area (Å²) in [6.07, 6.45) is 2.28. The molecule has 1 aromatic carbocycles. The molecule has 0 bridgehead atoms. The number of likely N-dealkylation sites (N-methyl/N-ethyl adjacent to an activating group) is 1. The number of para-hydroxylation sites is 2. The van der Waals surface area contributed by atoms with Crippen molar-refractivity contribution in [3.05, 3.63) is 47.4 Å². The molecule has 2 fully saturated rings. The summed E-state index contributed by atoms with van der Waals surface area (Å²) in [6.45, 7) is 7.86. The molecule has 0 radical (unpaired) electrons. The second-order valence-electron chi connectivity index (χ2n) is 9.38. The first-order chi connectivity index (χ1) is 17.2. The van der Waals surface area contributed by atoms with E-state index in [9.17, 15) is 4.79 Å². The molecule has 35 heavy (non-hydrogen) atoms. The van der Waals surface area contributed by atoms with Gasteiger partial charge in [-0.25, -0.2) is 9.97 Å². The van der Waals surface area contributed by atoms with Crippen molar-refractivity contribution < 1.29 is 9.53 Å². The lowest BCUT2D eigenvalue weighted by Gasteiger charge is -2.38. The first-order valence-electron chi connectivity index (χ1n) is 12.3. The van der Waals surface area contributed by atoms with E-state index in [-0.39, 0.29) is 5.91 Å². The number of ether oxygens (including phenoxy) is 1. The van der Waals surface area contributed by atoms with Crippen molar-refractivity contribution in [1.29, 1.82) is 0 Å². The number of fused-ring (bicyclic) bond motifs is 2. The molecule has 10 heteroatoms. The molecule has 182 valence electrons. The summed E-state index contributed by atoms with van der Waals surface area (Å²) in [6, 6.07) is 7.62. The van der Waals surface area contributed by atoms with E-state index in [0.29, 0.717) is 38.4 Å². The minimum Gasteiger partial charge on any atom is -0.378 e. The molecule has 3 aliphatic heterocycles. The SMILES string of the molecule is CN1CCN(c2nc(N3CCOCC3)nc3c2CN(C(=O)c2cnc4ccccc4n2)CC3)CC1. The molecule has 10 nitrogen and oxygen atoms in total. The summed E-state index contributed by atoms with van der Waals surface area (Å²) in [5.41, 5.74) is 3.99. The number of piperazine rings is 1. The Kier molecular flexibility index (Phi) is 5.91. The van der Waals surface area contributed by atoms with Crippen LogP contribution in [0.3, 0.4) is 0 Å². The van der Waals surface area contributed by atoms with Gasteiger partial charge in [-0.2, -0.15) is 4.98 Å². The topological polar surface area (TPSA) is 90.8 Å². The van der Waals surface area contributed by atoms with Crippen LogP contribution in [0.25, 0.3) is 11.0 Å². The minimum absolute atomic E-state index is 0.101. The fourth-order valence-electron chi connectivity index (χ4n) is 4.96. The van der Waals surface area contributed by atoms with Crippen molar-refractivity contribution in [2.45, 2.75) is 13.0 Å². The Labute approximate surface area is 204 Å². The molecule has 1 amide bonds. The van der Waals surface area contributed by atoms with E-state index >= 15 is 0 Å². The van der Waals surface area contributed by atoms with E-state index in [4.69, 9.17) is 14.7 Å². The van der Waals surface area contributed by atoms with Gasteiger partial charge in [-0.3, -0.25) is 9.78 Å². The van der Waals surface area contributed by atoms with Gasteiger partial charge in [-0.05, 0) is 19.2 Å². The smallest absolute Gasteiger partial charge is 0.274 e. The Balaban J connectivity index is 1.32. The van der Waals surface area contributed by atoms with Crippen LogP contribution in [0.5, 0.6) is 0 Å². The highest BCUT2D eigenvalue weighted by Crippen LogP contribution is 2.30. The van der Waals surface area contributed by atoms with Crippen molar-refractivity contribution >= 4 is 28.7 Å². The van der Waals surface area contributed by atoms with Crippen molar-refractivity contribution in [2.75, 3.05) is 75.9 Å². The lowest BCUT2D eigenvalue weighted by Crippen LogP contribution is -2.46. The fourth-order valence-corrected chi connectivity index (χ4v) is 4.96. The molecule has 2 aromatic heterocycles. The fraction of sp³-hybridized carbons (Fsp3) is 0.480. The van der Waals surface area contributed by atoms with Crippen LogP contribution in [-0.4, -0.2) is 102 Å². The third-order valence-electron chi connectivity index (χ3n) is 7.08. The van der Waals surface area contributed by atoms with E-state index in [2.05, 4.69) is 31.7 Å². The van der Waals surface area contributed by atoms with Crippen LogP contribution in [0.15, 0.2) is 30.5 Å². The Morgan fingerprint density at radius 2 is 1.66 bits per heavy atom. The number of amides is 1. The van der Waals surface area contributed by atoms with Crippen LogP contribution in [0, 0.1) is 0 Å². The van der Waals surface area contributed by atoms with Crippen molar-refractivity contribution in [2.24, 2.45) is 0 Å². The molecule has 0 atom stereocenters. The monoisotopic (exact) mass is 474 g/mol. The maximum atomic E-state index is 13.4. The van der Waals surface area contributed by atoms with E-state index in [1.165, 1.54) is 0 Å². The molecule has 2 saturated heterocycles. The number of benzene rings is 1. The zero-order valence-electron chi connectivity index (χ0n) is 20.1. The molecule has 0 aliphatic carbocycles. The molecular weight excluding hydrogens is 444 g/mol. The van der Waals surface area contributed by atoms with Crippen LogP contribution in [-0.2, 0) is 17.7 Å². The van der Waals surface area contributed by atoms with Gasteiger partial charge in [0.25, 0.3) is 5.91 Å². The largest absolute Gasteiger partial charge is 0.378 e. The highest BCUT2D eigenvalue weighted by molar-refractivity contribution is 5.94. The first kappa shape index (κ1) is 22.1. The zero-order chi connectivity index (χ0) is 23.8. The van der Waals surface area contributed by atoms with E-state index in [1.807, 2.05) is 29.2 Å².